The summed E-state index contributed by atoms with van der Waals surface area (Å²) in [7, 11) is 2.17. The number of morpholine rings is 1. The average Bonchev–Trinajstić information content (AvgIpc) is 2.84. The molecule has 0 aliphatic carbocycles. The molecule has 0 radical (unpaired) electrons. The molecule has 3 aromatic carbocycles. The minimum absolute atomic E-state index is 0.0216. The molecule has 5 nitrogen and oxygen atoms in total. The first kappa shape index (κ1) is 21.0. The molecule has 1 atom stereocenters. The number of nitrogens with zero attached hydrogens (tertiary/aromatic N) is 2. The van der Waals surface area contributed by atoms with Crippen LogP contribution in [-0.4, -0.2) is 57.2 Å². The molecule has 0 saturated carbocycles. The van der Waals surface area contributed by atoms with E-state index in [1.54, 1.807) is 0 Å². The summed E-state index contributed by atoms with van der Waals surface area (Å²) in [6.45, 7) is 4.94. The molecule has 0 spiro atoms. The maximum absolute atomic E-state index is 13.0. The van der Waals surface area contributed by atoms with Crippen LogP contribution in [0.3, 0.4) is 0 Å². The van der Waals surface area contributed by atoms with E-state index in [0.29, 0.717) is 12.1 Å². The highest BCUT2D eigenvalue weighted by atomic mass is 16.5. The van der Waals surface area contributed by atoms with Crippen LogP contribution in [0.25, 0.3) is 10.8 Å². The Hall–Kier alpha value is -2.89. The van der Waals surface area contributed by atoms with Gasteiger partial charge in [-0.15, -0.1) is 0 Å². The van der Waals surface area contributed by atoms with E-state index in [4.69, 9.17) is 4.74 Å². The molecular formula is C27H31N3O2. The Morgan fingerprint density at radius 1 is 1.00 bits per heavy atom. The predicted octanol–water partition coefficient (Wildman–Crippen LogP) is 4.03. The molecular weight excluding hydrogens is 398 g/mol. The molecule has 2 heterocycles. The number of carbonyl (C=O) groups is 1. The van der Waals surface area contributed by atoms with Crippen molar-refractivity contribution in [3.8, 4) is 0 Å². The summed E-state index contributed by atoms with van der Waals surface area (Å²) >= 11 is 0. The van der Waals surface area contributed by atoms with Gasteiger partial charge in [0.15, 0.2) is 0 Å². The fraction of sp³-hybridized carbons (Fsp3) is 0.370. The summed E-state index contributed by atoms with van der Waals surface area (Å²) in [4.78, 5) is 17.8. The molecule has 0 bridgehead atoms. The number of fused-ring (bicyclic) bond motifs is 2. The van der Waals surface area contributed by atoms with Gasteiger partial charge in [0.2, 0.25) is 0 Å². The minimum Gasteiger partial charge on any atom is -0.379 e. The lowest BCUT2D eigenvalue weighted by atomic mass is 9.95. The summed E-state index contributed by atoms with van der Waals surface area (Å²) in [5, 5.41) is 5.45. The van der Waals surface area contributed by atoms with E-state index in [1.165, 1.54) is 23.2 Å². The summed E-state index contributed by atoms with van der Waals surface area (Å²) < 4.78 is 5.59. The van der Waals surface area contributed by atoms with Crippen molar-refractivity contribution in [3.63, 3.8) is 0 Å². The first-order valence-electron chi connectivity index (χ1n) is 11.6. The third-order valence-electron chi connectivity index (χ3n) is 6.79. The Labute approximate surface area is 190 Å². The zero-order valence-corrected chi connectivity index (χ0v) is 18.7. The van der Waals surface area contributed by atoms with Crippen molar-refractivity contribution < 1.29 is 9.53 Å². The van der Waals surface area contributed by atoms with Crippen LogP contribution in [0, 0.1) is 0 Å². The molecule has 0 unspecified atom stereocenters. The van der Waals surface area contributed by atoms with Crippen molar-refractivity contribution in [2.75, 3.05) is 51.3 Å². The minimum atomic E-state index is -0.0216. The van der Waals surface area contributed by atoms with E-state index in [-0.39, 0.29) is 11.9 Å². The normalized spacial score (nSPS) is 17.7. The van der Waals surface area contributed by atoms with Crippen LogP contribution in [-0.2, 0) is 11.2 Å². The van der Waals surface area contributed by atoms with Gasteiger partial charge in [-0.05, 0) is 52.9 Å². The molecule has 1 amide bonds. The van der Waals surface area contributed by atoms with E-state index < -0.39 is 0 Å². The summed E-state index contributed by atoms with van der Waals surface area (Å²) in [5.41, 5.74) is 4.73. The fourth-order valence-corrected chi connectivity index (χ4v) is 4.98. The highest BCUT2D eigenvalue weighted by Crippen LogP contribution is 2.31. The molecule has 32 heavy (non-hydrogen) atoms. The van der Waals surface area contributed by atoms with Gasteiger partial charge in [-0.25, -0.2) is 0 Å². The smallest absolute Gasteiger partial charge is 0.251 e. The second-order valence-electron chi connectivity index (χ2n) is 8.85. The number of carbonyl (C=O) groups excluding carboxylic acids is 1. The van der Waals surface area contributed by atoms with Gasteiger partial charge in [0.05, 0.1) is 19.3 Å². The standard InChI is InChI=1S/C27H31N3O2/c1-29-12-4-7-22-18-23(10-11-25(22)29)26(30-13-15-32-16-14-30)19-28-27(31)24-9-8-20-5-2-3-6-21(20)17-24/h2-3,5-6,8-11,17-18,26H,4,7,12-16,19H2,1H3,(H,28,31)/t26-/m0/s1. The van der Waals surface area contributed by atoms with Gasteiger partial charge in [-0.3, -0.25) is 9.69 Å². The first-order valence-corrected chi connectivity index (χ1v) is 11.6. The van der Waals surface area contributed by atoms with Gasteiger partial charge in [-0.2, -0.15) is 0 Å². The molecule has 0 aromatic heterocycles. The topological polar surface area (TPSA) is 44.8 Å². The second-order valence-corrected chi connectivity index (χ2v) is 8.85. The Morgan fingerprint density at radius 2 is 1.81 bits per heavy atom. The van der Waals surface area contributed by atoms with Crippen LogP contribution in [0.5, 0.6) is 0 Å². The Kier molecular flexibility index (Phi) is 6.10. The van der Waals surface area contributed by atoms with Gasteiger partial charge in [-0.1, -0.05) is 42.5 Å². The van der Waals surface area contributed by atoms with Crippen LogP contribution >= 0.6 is 0 Å². The third kappa shape index (κ3) is 4.36. The first-order chi connectivity index (χ1) is 15.7. The largest absolute Gasteiger partial charge is 0.379 e. The number of ether oxygens (including phenoxy) is 1. The van der Waals surface area contributed by atoms with Crippen LogP contribution in [0.2, 0.25) is 0 Å². The summed E-state index contributed by atoms with van der Waals surface area (Å²) in [6.07, 6.45) is 2.31. The second kappa shape index (κ2) is 9.31. The molecule has 1 saturated heterocycles. The Morgan fingerprint density at radius 3 is 2.66 bits per heavy atom. The van der Waals surface area contributed by atoms with Crippen molar-refractivity contribution in [1.82, 2.24) is 10.2 Å². The highest BCUT2D eigenvalue weighted by Gasteiger charge is 2.25. The van der Waals surface area contributed by atoms with Gasteiger partial charge in [0.25, 0.3) is 5.91 Å². The highest BCUT2D eigenvalue weighted by molar-refractivity contribution is 5.98. The fourth-order valence-electron chi connectivity index (χ4n) is 4.98. The van der Waals surface area contributed by atoms with Crippen molar-refractivity contribution >= 4 is 22.4 Å². The van der Waals surface area contributed by atoms with Crippen molar-refractivity contribution in [2.45, 2.75) is 18.9 Å². The van der Waals surface area contributed by atoms with Gasteiger partial charge < -0.3 is 15.0 Å². The van der Waals surface area contributed by atoms with Crippen LogP contribution < -0.4 is 10.2 Å². The molecule has 1 N–H and O–H groups in total. The van der Waals surface area contributed by atoms with Crippen LogP contribution in [0.15, 0.2) is 60.7 Å². The zero-order valence-electron chi connectivity index (χ0n) is 18.7. The van der Waals surface area contributed by atoms with E-state index in [1.807, 2.05) is 36.4 Å². The van der Waals surface area contributed by atoms with E-state index >= 15 is 0 Å². The molecule has 166 valence electrons. The number of amides is 1. The molecule has 2 aliphatic rings. The Bertz CT molecular complexity index is 1110. The quantitative estimate of drug-likeness (QED) is 0.665. The maximum atomic E-state index is 13.0. The molecule has 5 heteroatoms. The lowest BCUT2D eigenvalue weighted by Crippen LogP contribution is -2.44. The summed E-state index contributed by atoms with van der Waals surface area (Å²) in [5.74, 6) is -0.0216. The Balaban J connectivity index is 1.37. The van der Waals surface area contributed by atoms with E-state index in [9.17, 15) is 4.79 Å². The lowest BCUT2D eigenvalue weighted by molar-refractivity contribution is 0.0162. The lowest BCUT2D eigenvalue weighted by Gasteiger charge is -2.36. The molecule has 5 rings (SSSR count). The van der Waals surface area contributed by atoms with Gasteiger partial charge in [0, 0.05) is 44.5 Å². The van der Waals surface area contributed by atoms with Crippen LogP contribution in [0.1, 0.15) is 33.9 Å². The third-order valence-corrected chi connectivity index (χ3v) is 6.79. The molecule has 1 fully saturated rings. The van der Waals surface area contributed by atoms with E-state index in [0.717, 1.165) is 50.0 Å². The van der Waals surface area contributed by atoms with E-state index in [2.05, 4.69) is 46.4 Å². The maximum Gasteiger partial charge on any atom is 0.251 e. The SMILES string of the molecule is CN1CCCc2cc([C@H](CNC(=O)c3ccc4ccccc4c3)N3CCOCC3)ccc21. The summed E-state index contributed by atoms with van der Waals surface area (Å²) in [6, 6.07) is 21.0. The predicted molar refractivity (Wildman–Crippen MR) is 129 cm³/mol. The number of aryl methyl sites for hydroxylation is 1. The number of hydrogen-bond acceptors (Lipinski definition) is 4. The molecule has 2 aliphatic heterocycles. The monoisotopic (exact) mass is 429 g/mol. The average molecular weight is 430 g/mol. The number of rotatable bonds is 5. The number of benzene rings is 3. The number of hydrogen-bond donors (Lipinski definition) is 1. The number of nitrogens with one attached hydrogen (secondary N) is 1. The van der Waals surface area contributed by atoms with Crippen molar-refractivity contribution in [2.24, 2.45) is 0 Å². The van der Waals surface area contributed by atoms with Gasteiger partial charge >= 0.3 is 0 Å². The molecule has 3 aromatic rings. The van der Waals surface area contributed by atoms with Gasteiger partial charge in [0.1, 0.15) is 0 Å². The zero-order chi connectivity index (χ0) is 21.9. The van der Waals surface area contributed by atoms with Crippen molar-refractivity contribution in [3.05, 3.63) is 77.4 Å². The number of anilines is 1. The van der Waals surface area contributed by atoms with Crippen LogP contribution in [0.4, 0.5) is 5.69 Å². The van der Waals surface area contributed by atoms with Crippen molar-refractivity contribution in [1.29, 1.82) is 0 Å².